The number of rotatable bonds is 6. The molecular formula is C13H18N4O2S. The number of aromatic carboxylic acids is 1. The number of carboxylic acid groups (broad SMARTS) is 1. The molecule has 2 heterocycles. The Morgan fingerprint density at radius 1 is 1.50 bits per heavy atom. The summed E-state index contributed by atoms with van der Waals surface area (Å²) in [5.41, 5.74) is 1.58. The minimum atomic E-state index is -1.04. The average molecular weight is 294 g/mol. The van der Waals surface area contributed by atoms with E-state index < -0.39 is 5.97 Å². The molecule has 0 aromatic carbocycles. The van der Waals surface area contributed by atoms with Crippen LogP contribution in [0.4, 0.5) is 0 Å². The molecule has 0 aliphatic carbocycles. The van der Waals surface area contributed by atoms with Gasteiger partial charge < -0.3 is 5.11 Å². The fourth-order valence-corrected chi connectivity index (χ4v) is 2.96. The lowest BCUT2D eigenvalue weighted by atomic mass is 10.1. The third-order valence-electron chi connectivity index (χ3n) is 2.90. The van der Waals surface area contributed by atoms with Crippen LogP contribution in [-0.2, 0) is 13.0 Å². The van der Waals surface area contributed by atoms with E-state index in [-0.39, 0.29) is 11.6 Å². The van der Waals surface area contributed by atoms with E-state index in [1.54, 1.807) is 16.0 Å². The van der Waals surface area contributed by atoms with Gasteiger partial charge in [0.25, 0.3) is 0 Å². The molecule has 0 radical (unpaired) electrons. The molecule has 0 spiro atoms. The van der Waals surface area contributed by atoms with Crippen molar-refractivity contribution in [1.82, 2.24) is 20.0 Å². The van der Waals surface area contributed by atoms with Crippen molar-refractivity contribution >= 4 is 17.3 Å². The van der Waals surface area contributed by atoms with Crippen LogP contribution >= 0.6 is 11.3 Å². The van der Waals surface area contributed by atoms with Gasteiger partial charge in [-0.15, -0.1) is 16.4 Å². The van der Waals surface area contributed by atoms with E-state index in [4.69, 9.17) is 5.11 Å². The summed E-state index contributed by atoms with van der Waals surface area (Å²) in [6.07, 6.45) is 2.04. The van der Waals surface area contributed by atoms with Gasteiger partial charge in [-0.25, -0.2) is 14.5 Å². The van der Waals surface area contributed by atoms with Crippen LogP contribution in [0.25, 0.3) is 0 Å². The van der Waals surface area contributed by atoms with Gasteiger partial charge in [0.1, 0.15) is 0 Å². The van der Waals surface area contributed by atoms with Crippen molar-refractivity contribution < 1.29 is 9.90 Å². The Bertz CT molecular complexity index is 603. The van der Waals surface area contributed by atoms with Crippen LogP contribution in [0.5, 0.6) is 0 Å². The van der Waals surface area contributed by atoms with E-state index in [1.165, 1.54) is 0 Å². The monoisotopic (exact) mass is 294 g/mol. The molecule has 0 bridgehead atoms. The molecule has 20 heavy (non-hydrogen) atoms. The van der Waals surface area contributed by atoms with Gasteiger partial charge in [0, 0.05) is 5.38 Å². The van der Waals surface area contributed by atoms with Gasteiger partial charge in [0.05, 0.1) is 22.9 Å². The number of hydrogen-bond donors (Lipinski definition) is 1. The largest absolute Gasteiger partial charge is 0.476 e. The molecule has 0 aliphatic heterocycles. The van der Waals surface area contributed by atoms with Crippen LogP contribution in [0.3, 0.4) is 0 Å². The number of thiazole rings is 1. The minimum Gasteiger partial charge on any atom is -0.476 e. The third-order valence-corrected chi connectivity index (χ3v) is 3.86. The summed E-state index contributed by atoms with van der Waals surface area (Å²) < 4.78 is 1.64. The van der Waals surface area contributed by atoms with Gasteiger partial charge in [-0.3, -0.25) is 0 Å². The first-order valence-electron chi connectivity index (χ1n) is 6.62. The Morgan fingerprint density at radius 3 is 2.85 bits per heavy atom. The molecule has 2 rings (SSSR count). The summed E-state index contributed by atoms with van der Waals surface area (Å²) in [5, 5.41) is 20.0. The second-order valence-corrected chi connectivity index (χ2v) is 5.87. The standard InChI is InChI=1S/C13H18N4O2S/c1-4-5-10-14-9(7-20-10)6-17-12(8(2)3)11(13(18)19)15-16-17/h7-8H,4-6H2,1-3H3,(H,18,19). The van der Waals surface area contributed by atoms with Crippen LogP contribution in [-0.4, -0.2) is 31.1 Å². The lowest BCUT2D eigenvalue weighted by molar-refractivity contribution is 0.0688. The number of hydrogen-bond acceptors (Lipinski definition) is 5. The zero-order chi connectivity index (χ0) is 14.7. The van der Waals surface area contributed by atoms with Crippen molar-refractivity contribution in [2.24, 2.45) is 0 Å². The van der Waals surface area contributed by atoms with Crippen molar-refractivity contribution in [3.05, 3.63) is 27.5 Å². The smallest absolute Gasteiger partial charge is 0.358 e. The maximum atomic E-state index is 11.2. The highest BCUT2D eigenvalue weighted by molar-refractivity contribution is 7.09. The number of aromatic nitrogens is 4. The van der Waals surface area contributed by atoms with Crippen LogP contribution in [0.2, 0.25) is 0 Å². The van der Waals surface area contributed by atoms with Crippen molar-refractivity contribution in [2.75, 3.05) is 0 Å². The average Bonchev–Trinajstić information content (AvgIpc) is 2.97. The molecule has 7 heteroatoms. The van der Waals surface area contributed by atoms with Gasteiger partial charge >= 0.3 is 5.97 Å². The zero-order valence-corrected chi connectivity index (χ0v) is 12.6. The Labute approximate surface area is 121 Å². The first-order valence-corrected chi connectivity index (χ1v) is 7.50. The van der Waals surface area contributed by atoms with Crippen molar-refractivity contribution in [3.8, 4) is 0 Å². The summed E-state index contributed by atoms with van der Waals surface area (Å²) >= 11 is 1.63. The molecule has 2 aromatic rings. The molecule has 6 nitrogen and oxygen atoms in total. The van der Waals surface area contributed by atoms with Gasteiger partial charge in [0.15, 0.2) is 5.69 Å². The quantitative estimate of drug-likeness (QED) is 0.885. The van der Waals surface area contributed by atoms with Crippen LogP contribution in [0.1, 0.15) is 60.0 Å². The third kappa shape index (κ3) is 3.04. The van der Waals surface area contributed by atoms with E-state index in [2.05, 4.69) is 22.2 Å². The fraction of sp³-hybridized carbons (Fsp3) is 0.538. The summed E-state index contributed by atoms with van der Waals surface area (Å²) in [5.74, 6) is -0.991. The summed E-state index contributed by atoms with van der Waals surface area (Å²) in [7, 11) is 0. The fourth-order valence-electron chi connectivity index (χ4n) is 2.06. The SMILES string of the molecule is CCCc1nc(Cn2nnc(C(=O)O)c2C(C)C)cs1. The van der Waals surface area contributed by atoms with Crippen LogP contribution in [0.15, 0.2) is 5.38 Å². The van der Waals surface area contributed by atoms with E-state index in [0.717, 1.165) is 23.5 Å². The molecule has 0 atom stereocenters. The van der Waals surface area contributed by atoms with Crippen LogP contribution < -0.4 is 0 Å². The molecule has 0 amide bonds. The maximum absolute atomic E-state index is 11.2. The predicted molar refractivity (Wildman–Crippen MR) is 76.3 cm³/mol. The van der Waals surface area contributed by atoms with E-state index in [0.29, 0.717) is 12.2 Å². The Balaban J connectivity index is 2.26. The van der Waals surface area contributed by atoms with Gasteiger partial charge in [-0.05, 0) is 18.8 Å². The second-order valence-electron chi connectivity index (χ2n) is 4.92. The summed E-state index contributed by atoms with van der Waals surface area (Å²) in [6.45, 7) is 6.46. The van der Waals surface area contributed by atoms with Gasteiger partial charge in [-0.1, -0.05) is 26.0 Å². The Morgan fingerprint density at radius 2 is 2.25 bits per heavy atom. The number of aryl methyl sites for hydroxylation is 1. The Hall–Kier alpha value is -1.76. The van der Waals surface area contributed by atoms with Crippen LogP contribution in [0, 0.1) is 0 Å². The van der Waals surface area contributed by atoms with Gasteiger partial charge in [-0.2, -0.15) is 0 Å². The highest BCUT2D eigenvalue weighted by Crippen LogP contribution is 2.19. The Kier molecular flexibility index (Phi) is 4.49. The minimum absolute atomic E-state index is 0.0315. The number of nitrogens with zero attached hydrogens (tertiary/aromatic N) is 4. The normalized spacial score (nSPS) is 11.2. The van der Waals surface area contributed by atoms with Gasteiger partial charge in [0.2, 0.25) is 0 Å². The topological polar surface area (TPSA) is 80.9 Å². The first kappa shape index (κ1) is 14.6. The molecule has 0 fully saturated rings. The van der Waals surface area contributed by atoms with E-state index in [1.807, 2.05) is 19.2 Å². The molecule has 0 saturated heterocycles. The highest BCUT2D eigenvalue weighted by Gasteiger charge is 2.21. The van der Waals surface area contributed by atoms with Crippen molar-refractivity contribution in [2.45, 2.75) is 46.1 Å². The molecule has 0 aliphatic rings. The molecule has 1 N–H and O–H groups in total. The lowest BCUT2D eigenvalue weighted by Gasteiger charge is -2.08. The second kappa shape index (κ2) is 6.13. The number of carbonyl (C=O) groups is 1. The molecular weight excluding hydrogens is 276 g/mol. The molecule has 2 aromatic heterocycles. The van der Waals surface area contributed by atoms with Crippen molar-refractivity contribution in [1.29, 1.82) is 0 Å². The summed E-state index contributed by atoms with van der Waals surface area (Å²) in [4.78, 5) is 15.7. The maximum Gasteiger partial charge on any atom is 0.358 e. The first-order chi connectivity index (χ1) is 9.52. The van der Waals surface area contributed by atoms with E-state index >= 15 is 0 Å². The lowest BCUT2D eigenvalue weighted by Crippen LogP contribution is -2.11. The van der Waals surface area contributed by atoms with Crippen molar-refractivity contribution in [3.63, 3.8) is 0 Å². The predicted octanol–water partition coefficient (Wildman–Crippen LogP) is 2.56. The van der Waals surface area contributed by atoms with E-state index in [9.17, 15) is 4.79 Å². The zero-order valence-electron chi connectivity index (χ0n) is 11.8. The highest BCUT2D eigenvalue weighted by atomic mass is 32.1. The summed E-state index contributed by atoms with van der Waals surface area (Å²) in [6, 6.07) is 0. The molecule has 0 saturated carbocycles. The molecule has 0 unspecified atom stereocenters. The molecule has 108 valence electrons. The number of carboxylic acids is 1.